The predicted molar refractivity (Wildman–Crippen MR) is 61.0 cm³/mol. The molecule has 80 valence electrons. The van der Waals surface area contributed by atoms with Gasteiger partial charge in [0.25, 0.3) is 0 Å². The molecule has 0 saturated heterocycles. The molecule has 2 rings (SSSR count). The van der Waals surface area contributed by atoms with Crippen LogP contribution in [-0.2, 0) is 6.42 Å². The summed E-state index contributed by atoms with van der Waals surface area (Å²) in [6.45, 7) is 3.88. The summed E-state index contributed by atoms with van der Waals surface area (Å²) in [7, 11) is 0. The molecule has 0 aliphatic carbocycles. The van der Waals surface area contributed by atoms with Gasteiger partial charge in [-0.1, -0.05) is 11.6 Å². The molecule has 0 amide bonds. The second-order valence-electron chi connectivity index (χ2n) is 4.39. The molecule has 0 unspecified atom stereocenters. The number of oxazole rings is 1. The molecule has 15 heavy (non-hydrogen) atoms. The van der Waals surface area contributed by atoms with Gasteiger partial charge in [-0.25, -0.2) is 4.98 Å². The highest BCUT2D eigenvalue weighted by Gasteiger charge is 2.16. The van der Waals surface area contributed by atoms with Crippen molar-refractivity contribution in [3.8, 4) is 0 Å². The van der Waals surface area contributed by atoms with Crippen LogP contribution in [-0.4, -0.2) is 10.5 Å². The molecule has 1 aromatic heterocycles. The van der Waals surface area contributed by atoms with Gasteiger partial charge in [0.1, 0.15) is 5.52 Å². The van der Waals surface area contributed by atoms with Crippen molar-refractivity contribution in [1.82, 2.24) is 4.98 Å². The van der Waals surface area contributed by atoms with Crippen molar-refractivity contribution in [2.75, 3.05) is 0 Å². The number of nitrogens with zero attached hydrogens (tertiary/aromatic N) is 1. The van der Waals surface area contributed by atoms with Gasteiger partial charge in [0.15, 0.2) is 11.5 Å². The van der Waals surface area contributed by atoms with E-state index in [4.69, 9.17) is 21.8 Å². The minimum absolute atomic E-state index is 0.315. The summed E-state index contributed by atoms with van der Waals surface area (Å²) in [6, 6.07) is 5.40. The quantitative estimate of drug-likeness (QED) is 0.854. The van der Waals surface area contributed by atoms with Crippen LogP contribution in [0, 0.1) is 0 Å². The van der Waals surface area contributed by atoms with Crippen molar-refractivity contribution < 1.29 is 4.42 Å². The molecule has 0 atom stereocenters. The van der Waals surface area contributed by atoms with Gasteiger partial charge in [-0.2, -0.15) is 0 Å². The molecular weight excluding hydrogens is 212 g/mol. The fourth-order valence-electron chi connectivity index (χ4n) is 1.41. The zero-order valence-electron chi connectivity index (χ0n) is 8.75. The molecule has 0 radical (unpaired) electrons. The van der Waals surface area contributed by atoms with E-state index in [1.54, 1.807) is 12.1 Å². The van der Waals surface area contributed by atoms with Crippen molar-refractivity contribution in [1.29, 1.82) is 0 Å². The van der Waals surface area contributed by atoms with Gasteiger partial charge in [0.05, 0.1) is 0 Å². The molecule has 0 fully saturated rings. The number of hydrogen-bond acceptors (Lipinski definition) is 3. The lowest BCUT2D eigenvalue weighted by molar-refractivity contribution is 0.433. The van der Waals surface area contributed by atoms with E-state index in [1.807, 2.05) is 19.9 Å². The van der Waals surface area contributed by atoms with Crippen LogP contribution in [0.4, 0.5) is 0 Å². The first-order chi connectivity index (χ1) is 6.94. The fourth-order valence-corrected chi connectivity index (χ4v) is 1.57. The summed E-state index contributed by atoms with van der Waals surface area (Å²) in [5, 5.41) is 0.650. The third-order valence-electron chi connectivity index (χ3n) is 2.00. The average Bonchev–Trinajstić information content (AvgIpc) is 2.42. The minimum atomic E-state index is -0.315. The van der Waals surface area contributed by atoms with Crippen LogP contribution in [0.2, 0.25) is 5.02 Å². The zero-order chi connectivity index (χ0) is 11.1. The summed E-state index contributed by atoms with van der Waals surface area (Å²) < 4.78 is 5.55. The summed E-state index contributed by atoms with van der Waals surface area (Å²) in [4.78, 5) is 4.33. The molecule has 0 spiro atoms. The van der Waals surface area contributed by atoms with Crippen LogP contribution in [0.15, 0.2) is 22.6 Å². The monoisotopic (exact) mass is 224 g/mol. The number of benzene rings is 1. The molecule has 3 nitrogen and oxygen atoms in total. The second-order valence-corrected chi connectivity index (χ2v) is 4.82. The molecule has 0 saturated carbocycles. The van der Waals surface area contributed by atoms with E-state index in [1.165, 1.54) is 0 Å². The Morgan fingerprint density at radius 2 is 2.20 bits per heavy atom. The molecular formula is C11H13ClN2O. The lowest BCUT2D eigenvalue weighted by Gasteiger charge is -2.14. The number of aromatic nitrogens is 1. The smallest absolute Gasteiger partial charge is 0.197 e. The highest BCUT2D eigenvalue weighted by atomic mass is 35.5. The Morgan fingerprint density at radius 1 is 1.47 bits per heavy atom. The Morgan fingerprint density at radius 3 is 2.87 bits per heavy atom. The largest absolute Gasteiger partial charge is 0.441 e. The van der Waals surface area contributed by atoms with E-state index in [-0.39, 0.29) is 5.54 Å². The first-order valence-electron chi connectivity index (χ1n) is 4.78. The van der Waals surface area contributed by atoms with E-state index in [0.29, 0.717) is 22.9 Å². The summed E-state index contributed by atoms with van der Waals surface area (Å²) in [6.07, 6.45) is 0.610. The standard InChI is InChI=1S/C11H13ClN2O/c1-11(2,13)6-10-14-8-4-3-7(12)5-9(8)15-10/h3-5H,6,13H2,1-2H3. The van der Waals surface area contributed by atoms with Gasteiger partial charge >= 0.3 is 0 Å². The molecule has 1 aromatic carbocycles. The van der Waals surface area contributed by atoms with Gasteiger partial charge < -0.3 is 10.2 Å². The third-order valence-corrected chi connectivity index (χ3v) is 2.24. The Hall–Kier alpha value is -1.06. The molecule has 2 aromatic rings. The maximum absolute atomic E-state index is 5.89. The predicted octanol–water partition coefficient (Wildman–Crippen LogP) is 2.76. The van der Waals surface area contributed by atoms with Gasteiger partial charge in [0.2, 0.25) is 0 Å². The Kier molecular flexibility index (Phi) is 2.44. The van der Waals surface area contributed by atoms with Crippen molar-refractivity contribution in [2.24, 2.45) is 5.73 Å². The molecule has 0 aliphatic rings. The third kappa shape index (κ3) is 2.49. The van der Waals surface area contributed by atoms with E-state index in [0.717, 1.165) is 5.52 Å². The van der Waals surface area contributed by atoms with Crippen LogP contribution >= 0.6 is 11.6 Å². The minimum Gasteiger partial charge on any atom is -0.441 e. The van der Waals surface area contributed by atoms with Gasteiger partial charge in [0, 0.05) is 23.0 Å². The number of hydrogen-bond donors (Lipinski definition) is 1. The highest BCUT2D eigenvalue weighted by Crippen LogP contribution is 2.21. The lowest BCUT2D eigenvalue weighted by Crippen LogP contribution is -2.34. The van der Waals surface area contributed by atoms with Crippen LogP contribution in [0.25, 0.3) is 11.1 Å². The van der Waals surface area contributed by atoms with E-state index >= 15 is 0 Å². The first-order valence-corrected chi connectivity index (χ1v) is 5.16. The van der Waals surface area contributed by atoms with Gasteiger partial charge in [-0.05, 0) is 26.0 Å². The van der Waals surface area contributed by atoms with Crippen molar-refractivity contribution >= 4 is 22.7 Å². The summed E-state index contributed by atoms with van der Waals surface area (Å²) in [5.74, 6) is 0.653. The normalized spacial score (nSPS) is 12.3. The number of nitrogens with two attached hydrogens (primary N) is 1. The van der Waals surface area contributed by atoms with Gasteiger partial charge in [-0.15, -0.1) is 0 Å². The molecule has 0 bridgehead atoms. The van der Waals surface area contributed by atoms with Crippen molar-refractivity contribution in [3.05, 3.63) is 29.1 Å². The Balaban J connectivity index is 2.39. The van der Waals surface area contributed by atoms with Crippen LogP contribution < -0.4 is 5.73 Å². The van der Waals surface area contributed by atoms with E-state index < -0.39 is 0 Å². The van der Waals surface area contributed by atoms with Crippen LogP contribution in [0.3, 0.4) is 0 Å². The van der Waals surface area contributed by atoms with Crippen molar-refractivity contribution in [2.45, 2.75) is 25.8 Å². The fraction of sp³-hybridized carbons (Fsp3) is 0.364. The molecule has 4 heteroatoms. The molecule has 1 heterocycles. The number of rotatable bonds is 2. The van der Waals surface area contributed by atoms with Crippen LogP contribution in [0.1, 0.15) is 19.7 Å². The highest BCUT2D eigenvalue weighted by molar-refractivity contribution is 6.31. The Bertz CT molecular complexity index is 485. The maximum Gasteiger partial charge on any atom is 0.197 e. The molecule has 0 aliphatic heterocycles. The second kappa shape index (κ2) is 3.51. The average molecular weight is 225 g/mol. The zero-order valence-corrected chi connectivity index (χ0v) is 9.51. The summed E-state index contributed by atoms with van der Waals surface area (Å²) >= 11 is 5.85. The van der Waals surface area contributed by atoms with Crippen molar-refractivity contribution in [3.63, 3.8) is 0 Å². The van der Waals surface area contributed by atoms with E-state index in [2.05, 4.69) is 4.98 Å². The summed E-state index contributed by atoms with van der Waals surface area (Å²) in [5.41, 5.74) is 7.11. The lowest BCUT2D eigenvalue weighted by atomic mass is 10.0. The first kappa shape index (κ1) is 10.5. The molecule has 2 N–H and O–H groups in total. The van der Waals surface area contributed by atoms with Crippen LogP contribution in [0.5, 0.6) is 0 Å². The number of halogens is 1. The topological polar surface area (TPSA) is 52.0 Å². The van der Waals surface area contributed by atoms with Gasteiger partial charge in [-0.3, -0.25) is 0 Å². The maximum atomic E-state index is 5.89. The number of fused-ring (bicyclic) bond motifs is 1. The van der Waals surface area contributed by atoms with E-state index in [9.17, 15) is 0 Å². The SMILES string of the molecule is CC(C)(N)Cc1nc2ccc(Cl)cc2o1. The Labute approximate surface area is 93.2 Å².